The molecule has 0 spiro atoms. The Morgan fingerprint density at radius 2 is 1.86 bits per heavy atom. The number of hydrogen-bond donors (Lipinski definition) is 3. The highest BCUT2D eigenvalue weighted by Crippen LogP contribution is 2.28. The van der Waals surface area contributed by atoms with Gasteiger partial charge in [-0.1, -0.05) is 30.3 Å². The number of rotatable bonds is 6. The zero-order chi connectivity index (χ0) is 19.9. The highest BCUT2D eigenvalue weighted by atomic mass is 32.2. The largest absolute Gasteiger partial charge is 0.326 e. The Bertz CT molecular complexity index is 860. The Kier molecular flexibility index (Phi) is 6.54. The van der Waals surface area contributed by atoms with Crippen LogP contribution >= 0.6 is 11.8 Å². The summed E-state index contributed by atoms with van der Waals surface area (Å²) in [7, 11) is 0. The Labute approximate surface area is 167 Å². The third-order valence-electron chi connectivity index (χ3n) is 4.28. The molecule has 0 saturated heterocycles. The van der Waals surface area contributed by atoms with Crippen molar-refractivity contribution in [3.63, 3.8) is 0 Å². The summed E-state index contributed by atoms with van der Waals surface area (Å²) >= 11 is 1.60. The highest BCUT2D eigenvalue weighted by molar-refractivity contribution is 7.98. The highest BCUT2D eigenvalue weighted by Gasteiger charge is 2.29. The SMILES string of the molecule is CSCC[C@@H](NC(=O)N1CC(=O)Nc2ccccc21)C(=O)Nc1ccccc1. The van der Waals surface area contributed by atoms with Gasteiger partial charge in [0, 0.05) is 5.69 Å². The molecule has 4 amide bonds. The van der Waals surface area contributed by atoms with Gasteiger partial charge in [-0.15, -0.1) is 0 Å². The van der Waals surface area contributed by atoms with Crippen molar-refractivity contribution in [2.45, 2.75) is 12.5 Å². The maximum absolute atomic E-state index is 12.9. The molecule has 1 aliphatic heterocycles. The van der Waals surface area contributed by atoms with Gasteiger partial charge in [0.1, 0.15) is 12.6 Å². The number of urea groups is 1. The van der Waals surface area contributed by atoms with E-state index in [9.17, 15) is 14.4 Å². The first kappa shape index (κ1) is 19.8. The molecule has 7 nitrogen and oxygen atoms in total. The Hall–Kier alpha value is -3.00. The number of carbonyl (C=O) groups excluding carboxylic acids is 3. The Morgan fingerprint density at radius 1 is 1.14 bits per heavy atom. The number of thioether (sulfide) groups is 1. The second kappa shape index (κ2) is 9.27. The van der Waals surface area contributed by atoms with Gasteiger partial charge in [0.05, 0.1) is 11.4 Å². The molecule has 0 bridgehead atoms. The topological polar surface area (TPSA) is 90.5 Å². The van der Waals surface area contributed by atoms with Crippen molar-refractivity contribution in [2.75, 3.05) is 34.1 Å². The van der Waals surface area contributed by atoms with E-state index in [4.69, 9.17) is 0 Å². The molecule has 0 radical (unpaired) electrons. The number of para-hydroxylation sites is 3. The third-order valence-corrected chi connectivity index (χ3v) is 4.93. The molecule has 2 aromatic rings. The van der Waals surface area contributed by atoms with Crippen LogP contribution in [0.15, 0.2) is 54.6 Å². The van der Waals surface area contributed by atoms with Crippen LogP contribution in [-0.4, -0.2) is 42.4 Å². The van der Waals surface area contributed by atoms with Gasteiger partial charge in [-0.2, -0.15) is 11.8 Å². The van der Waals surface area contributed by atoms with Crippen LogP contribution in [0.25, 0.3) is 0 Å². The molecule has 8 heteroatoms. The lowest BCUT2D eigenvalue weighted by Gasteiger charge is -2.30. The lowest BCUT2D eigenvalue weighted by atomic mass is 10.2. The number of carbonyl (C=O) groups is 3. The molecule has 2 aromatic carbocycles. The summed E-state index contributed by atoms with van der Waals surface area (Å²) in [5.74, 6) is 0.149. The van der Waals surface area contributed by atoms with E-state index in [1.807, 2.05) is 24.5 Å². The van der Waals surface area contributed by atoms with Crippen molar-refractivity contribution in [1.29, 1.82) is 0 Å². The number of nitrogens with one attached hydrogen (secondary N) is 3. The molecule has 0 aliphatic carbocycles. The fraction of sp³-hybridized carbons (Fsp3) is 0.250. The monoisotopic (exact) mass is 398 g/mol. The summed E-state index contributed by atoms with van der Waals surface area (Å²) in [5.41, 5.74) is 1.84. The number of nitrogens with zero attached hydrogens (tertiary/aromatic N) is 1. The van der Waals surface area contributed by atoms with Gasteiger partial charge in [-0.25, -0.2) is 4.79 Å². The van der Waals surface area contributed by atoms with Crippen LogP contribution < -0.4 is 20.9 Å². The normalized spacial score (nSPS) is 13.9. The molecular weight excluding hydrogens is 376 g/mol. The first-order valence-corrected chi connectivity index (χ1v) is 10.3. The fourth-order valence-corrected chi connectivity index (χ4v) is 3.37. The van der Waals surface area contributed by atoms with E-state index in [1.54, 1.807) is 48.2 Å². The molecular formula is C20H22N4O3S. The predicted molar refractivity (Wildman–Crippen MR) is 113 cm³/mol. The van der Waals surface area contributed by atoms with E-state index < -0.39 is 12.1 Å². The minimum absolute atomic E-state index is 0.0988. The average molecular weight is 398 g/mol. The first-order chi connectivity index (χ1) is 13.6. The van der Waals surface area contributed by atoms with Crippen molar-refractivity contribution >= 4 is 46.7 Å². The summed E-state index contributed by atoms with van der Waals surface area (Å²) in [5, 5.41) is 8.36. The molecule has 3 rings (SSSR count). The van der Waals surface area contributed by atoms with Gasteiger partial charge < -0.3 is 16.0 Å². The number of benzene rings is 2. The van der Waals surface area contributed by atoms with Gasteiger partial charge in [0.2, 0.25) is 11.8 Å². The van der Waals surface area contributed by atoms with E-state index in [0.29, 0.717) is 29.2 Å². The van der Waals surface area contributed by atoms with Gasteiger partial charge in [-0.05, 0) is 42.7 Å². The minimum Gasteiger partial charge on any atom is -0.326 e. The summed E-state index contributed by atoms with van der Waals surface area (Å²) in [6.07, 6.45) is 2.42. The second-order valence-corrected chi connectivity index (χ2v) is 7.28. The van der Waals surface area contributed by atoms with Crippen LogP contribution in [0, 0.1) is 0 Å². The van der Waals surface area contributed by atoms with Crippen molar-refractivity contribution in [2.24, 2.45) is 0 Å². The summed E-state index contributed by atoms with van der Waals surface area (Å²) in [6.45, 7) is -0.0988. The van der Waals surface area contributed by atoms with Gasteiger partial charge in [0.25, 0.3) is 0 Å². The maximum Gasteiger partial charge on any atom is 0.323 e. The third kappa shape index (κ3) is 4.83. The van der Waals surface area contributed by atoms with Crippen LogP contribution in [0.4, 0.5) is 21.9 Å². The minimum atomic E-state index is -0.711. The van der Waals surface area contributed by atoms with Crippen LogP contribution in [0.2, 0.25) is 0 Å². The zero-order valence-electron chi connectivity index (χ0n) is 15.5. The average Bonchev–Trinajstić information content (AvgIpc) is 2.70. The van der Waals surface area contributed by atoms with E-state index in [-0.39, 0.29) is 18.4 Å². The van der Waals surface area contributed by atoms with E-state index in [0.717, 1.165) is 0 Å². The van der Waals surface area contributed by atoms with Crippen LogP contribution in [0.5, 0.6) is 0 Å². The molecule has 0 saturated carbocycles. The molecule has 1 atom stereocenters. The lowest BCUT2D eigenvalue weighted by molar-refractivity contribution is -0.118. The summed E-state index contributed by atoms with van der Waals surface area (Å²) in [6, 6.07) is 15.0. The molecule has 1 aliphatic rings. The molecule has 28 heavy (non-hydrogen) atoms. The standard InChI is InChI=1S/C20H22N4O3S/c1-28-12-11-16(19(26)21-14-7-3-2-4-8-14)23-20(27)24-13-18(25)22-15-9-5-6-10-17(15)24/h2-10,16H,11-13H2,1H3,(H,21,26)(H,22,25)(H,23,27)/t16-/m1/s1. The smallest absolute Gasteiger partial charge is 0.323 e. The summed E-state index contributed by atoms with van der Waals surface area (Å²) < 4.78 is 0. The molecule has 0 aromatic heterocycles. The number of amides is 4. The lowest BCUT2D eigenvalue weighted by Crippen LogP contribution is -2.53. The Balaban J connectivity index is 1.74. The van der Waals surface area contributed by atoms with Gasteiger partial charge >= 0.3 is 6.03 Å². The summed E-state index contributed by atoms with van der Waals surface area (Å²) in [4.78, 5) is 38.9. The van der Waals surface area contributed by atoms with Crippen molar-refractivity contribution in [3.8, 4) is 0 Å². The first-order valence-electron chi connectivity index (χ1n) is 8.90. The van der Waals surface area contributed by atoms with Crippen LogP contribution in [-0.2, 0) is 9.59 Å². The molecule has 146 valence electrons. The quantitative estimate of drug-likeness (QED) is 0.698. The number of anilines is 3. The molecule has 0 unspecified atom stereocenters. The van der Waals surface area contributed by atoms with E-state index in [2.05, 4.69) is 16.0 Å². The number of hydrogen-bond acceptors (Lipinski definition) is 4. The predicted octanol–water partition coefficient (Wildman–Crippen LogP) is 2.92. The maximum atomic E-state index is 12.9. The molecule has 3 N–H and O–H groups in total. The molecule has 1 heterocycles. The van der Waals surface area contributed by atoms with Crippen LogP contribution in [0.3, 0.4) is 0 Å². The van der Waals surface area contributed by atoms with Gasteiger partial charge in [-0.3, -0.25) is 14.5 Å². The molecule has 0 fully saturated rings. The van der Waals surface area contributed by atoms with E-state index >= 15 is 0 Å². The van der Waals surface area contributed by atoms with Crippen molar-refractivity contribution in [1.82, 2.24) is 5.32 Å². The fourth-order valence-electron chi connectivity index (χ4n) is 2.90. The van der Waals surface area contributed by atoms with Crippen molar-refractivity contribution < 1.29 is 14.4 Å². The second-order valence-electron chi connectivity index (χ2n) is 6.29. The van der Waals surface area contributed by atoms with E-state index in [1.165, 1.54) is 4.90 Å². The number of fused-ring (bicyclic) bond motifs is 1. The Morgan fingerprint density at radius 3 is 2.61 bits per heavy atom. The van der Waals surface area contributed by atoms with Gasteiger partial charge in [0.15, 0.2) is 0 Å². The van der Waals surface area contributed by atoms with Crippen LogP contribution in [0.1, 0.15) is 6.42 Å². The zero-order valence-corrected chi connectivity index (χ0v) is 16.3. The van der Waals surface area contributed by atoms with Crippen molar-refractivity contribution in [3.05, 3.63) is 54.6 Å².